The molecule has 2 heteroatoms. The Bertz CT molecular complexity index is 290. The number of hydrogen-bond acceptors (Lipinski definition) is 2. The van der Waals surface area contributed by atoms with Crippen molar-refractivity contribution in [2.24, 2.45) is 0 Å². The molecule has 0 aliphatic carbocycles. The molecular formula is C15H25NO. The minimum atomic E-state index is 0.188. The minimum absolute atomic E-state index is 0.188. The van der Waals surface area contributed by atoms with Crippen molar-refractivity contribution < 1.29 is 4.74 Å². The Morgan fingerprint density at radius 1 is 1.06 bits per heavy atom. The van der Waals surface area contributed by atoms with Crippen molar-refractivity contribution in [1.82, 2.24) is 5.32 Å². The molecule has 0 fully saturated rings. The molecule has 0 aromatic heterocycles. The van der Waals surface area contributed by atoms with E-state index in [1.54, 1.807) is 0 Å². The monoisotopic (exact) mass is 235 g/mol. The lowest BCUT2D eigenvalue weighted by atomic mass is 10.1. The van der Waals surface area contributed by atoms with Crippen LogP contribution in [-0.4, -0.2) is 25.3 Å². The van der Waals surface area contributed by atoms with Gasteiger partial charge in [-0.15, -0.1) is 0 Å². The summed E-state index contributed by atoms with van der Waals surface area (Å²) in [6, 6.07) is 10.6. The molecule has 2 nitrogen and oxygen atoms in total. The van der Waals surface area contributed by atoms with Crippen LogP contribution in [0.3, 0.4) is 0 Å². The third-order valence-corrected chi connectivity index (χ3v) is 2.50. The first-order chi connectivity index (χ1) is 8.08. The highest BCUT2D eigenvalue weighted by Gasteiger charge is 2.06. The minimum Gasteiger partial charge on any atom is -0.380 e. The predicted molar refractivity (Wildman–Crippen MR) is 73.3 cm³/mol. The maximum Gasteiger partial charge on any atom is 0.0591 e. The highest BCUT2D eigenvalue weighted by Crippen LogP contribution is 2.02. The number of aryl methyl sites for hydroxylation is 1. The molecule has 0 heterocycles. The lowest BCUT2D eigenvalue weighted by molar-refractivity contribution is 0.129. The molecule has 0 atom stereocenters. The summed E-state index contributed by atoms with van der Waals surface area (Å²) in [6.45, 7) is 9.08. The van der Waals surface area contributed by atoms with Crippen LogP contribution in [0.5, 0.6) is 0 Å². The Morgan fingerprint density at radius 2 is 1.76 bits per heavy atom. The zero-order valence-electron chi connectivity index (χ0n) is 11.3. The molecule has 1 N–H and O–H groups in total. The van der Waals surface area contributed by atoms with Crippen molar-refractivity contribution >= 4 is 0 Å². The Kier molecular flexibility index (Phi) is 6.23. The molecule has 0 aliphatic rings. The molecule has 0 saturated heterocycles. The lowest BCUT2D eigenvalue weighted by Gasteiger charge is -2.20. The van der Waals surface area contributed by atoms with Crippen molar-refractivity contribution in [2.45, 2.75) is 39.2 Å². The summed E-state index contributed by atoms with van der Waals surface area (Å²) in [6.07, 6.45) is 2.20. The van der Waals surface area contributed by atoms with E-state index in [1.165, 1.54) is 5.56 Å². The van der Waals surface area contributed by atoms with Crippen molar-refractivity contribution in [2.75, 3.05) is 19.8 Å². The van der Waals surface area contributed by atoms with Gasteiger partial charge in [0.05, 0.1) is 6.61 Å². The zero-order chi connectivity index (χ0) is 12.6. The Labute approximate surface area is 105 Å². The van der Waals surface area contributed by atoms with Gasteiger partial charge in [0.25, 0.3) is 0 Å². The highest BCUT2D eigenvalue weighted by molar-refractivity contribution is 5.14. The predicted octanol–water partition coefficient (Wildman–Crippen LogP) is 3.02. The zero-order valence-corrected chi connectivity index (χ0v) is 11.3. The van der Waals surface area contributed by atoms with Crippen LogP contribution in [0.15, 0.2) is 30.3 Å². The van der Waals surface area contributed by atoms with Crippen LogP contribution in [0.2, 0.25) is 0 Å². The molecule has 0 saturated carbocycles. The number of benzene rings is 1. The van der Waals surface area contributed by atoms with Gasteiger partial charge in [0.2, 0.25) is 0 Å². The summed E-state index contributed by atoms with van der Waals surface area (Å²) in [5.41, 5.74) is 1.58. The van der Waals surface area contributed by atoms with Crippen LogP contribution in [-0.2, 0) is 11.2 Å². The fraction of sp³-hybridized carbons (Fsp3) is 0.600. The highest BCUT2D eigenvalue weighted by atomic mass is 16.5. The molecule has 17 heavy (non-hydrogen) atoms. The molecule has 0 spiro atoms. The van der Waals surface area contributed by atoms with Gasteiger partial charge in [-0.05, 0) is 39.2 Å². The van der Waals surface area contributed by atoms with Crippen LogP contribution in [0, 0.1) is 0 Å². The SMILES string of the molecule is CC(C)(C)NCCOCCCc1ccccc1. The summed E-state index contributed by atoms with van der Waals surface area (Å²) < 4.78 is 5.59. The summed E-state index contributed by atoms with van der Waals surface area (Å²) >= 11 is 0. The van der Waals surface area contributed by atoms with E-state index in [-0.39, 0.29) is 5.54 Å². The standard InChI is InChI=1S/C15H25NO/c1-15(2,3)16-11-13-17-12-7-10-14-8-5-4-6-9-14/h4-6,8-9,16H,7,10-13H2,1-3H3. The summed E-state index contributed by atoms with van der Waals surface area (Å²) in [5, 5.41) is 3.41. The molecule has 0 radical (unpaired) electrons. The average molecular weight is 235 g/mol. The third kappa shape index (κ3) is 7.94. The molecule has 0 amide bonds. The van der Waals surface area contributed by atoms with Gasteiger partial charge in [0.1, 0.15) is 0 Å². The first-order valence-electron chi connectivity index (χ1n) is 6.45. The topological polar surface area (TPSA) is 21.3 Å². The fourth-order valence-corrected chi connectivity index (χ4v) is 1.62. The Hall–Kier alpha value is -0.860. The number of nitrogens with one attached hydrogen (secondary N) is 1. The van der Waals surface area contributed by atoms with Crippen molar-refractivity contribution in [3.05, 3.63) is 35.9 Å². The molecule has 0 aliphatic heterocycles. The van der Waals surface area contributed by atoms with Crippen molar-refractivity contribution in [1.29, 1.82) is 0 Å². The van der Waals surface area contributed by atoms with E-state index in [0.717, 1.165) is 32.6 Å². The maximum absolute atomic E-state index is 5.59. The summed E-state index contributed by atoms with van der Waals surface area (Å²) in [5.74, 6) is 0. The van der Waals surface area contributed by atoms with E-state index >= 15 is 0 Å². The van der Waals surface area contributed by atoms with Crippen LogP contribution in [0.25, 0.3) is 0 Å². The average Bonchev–Trinajstić information content (AvgIpc) is 2.28. The first kappa shape index (κ1) is 14.2. The Balaban J connectivity index is 1.95. The maximum atomic E-state index is 5.59. The lowest BCUT2D eigenvalue weighted by Crippen LogP contribution is -2.38. The van der Waals surface area contributed by atoms with Crippen LogP contribution < -0.4 is 5.32 Å². The van der Waals surface area contributed by atoms with Gasteiger partial charge in [-0.25, -0.2) is 0 Å². The summed E-state index contributed by atoms with van der Waals surface area (Å²) in [4.78, 5) is 0. The van der Waals surface area contributed by atoms with E-state index in [9.17, 15) is 0 Å². The molecule has 96 valence electrons. The van der Waals surface area contributed by atoms with E-state index in [2.05, 4.69) is 56.4 Å². The van der Waals surface area contributed by atoms with E-state index in [1.807, 2.05) is 0 Å². The smallest absolute Gasteiger partial charge is 0.0591 e. The van der Waals surface area contributed by atoms with Gasteiger partial charge in [0, 0.05) is 18.7 Å². The molecule has 0 bridgehead atoms. The molecule has 1 rings (SSSR count). The quantitative estimate of drug-likeness (QED) is 0.734. The van der Waals surface area contributed by atoms with Crippen LogP contribution in [0.1, 0.15) is 32.8 Å². The van der Waals surface area contributed by atoms with Gasteiger partial charge in [0.15, 0.2) is 0 Å². The van der Waals surface area contributed by atoms with Gasteiger partial charge in [-0.3, -0.25) is 0 Å². The molecule has 1 aromatic carbocycles. The fourth-order valence-electron chi connectivity index (χ4n) is 1.62. The second-order valence-corrected chi connectivity index (χ2v) is 5.38. The van der Waals surface area contributed by atoms with Crippen molar-refractivity contribution in [3.63, 3.8) is 0 Å². The number of ether oxygens (including phenoxy) is 1. The van der Waals surface area contributed by atoms with E-state index < -0.39 is 0 Å². The van der Waals surface area contributed by atoms with Gasteiger partial charge in [-0.2, -0.15) is 0 Å². The van der Waals surface area contributed by atoms with Gasteiger partial charge < -0.3 is 10.1 Å². The van der Waals surface area contributed by atoms with E-state index in [0.29, 0.717) is 0 Å². The number of rotatable bonds is 7. The van der Waals surface area contributed by atoms with Crippen LogP contribution in [0.4, 0.5) is 0 Å². The normalized spacial score (nSPS) is 11.7. The summed E-state index contributed by atoms with van der Waals surface area (Å²) in [7, 11) is 0. The van der Waals surface area contributed by atoms with Crippen LogP contribution >= 0.6 is 0 Å². The van der Waals surface area contributed by atoms with Gasteiger partial charge in [-0.1, -0.05) is 30.3 Å². The van der Waals surface area contributed by atoms with E-state index in [4.69, 9.17) is 4.74 Å². The largest absolute Gasteiger partial charge is 0.380 e. The second-order valence-electron chi connectivity index (χ2n) is 5.38. The Morgan fingerprint density at radius 3 is 2.41 bits per heavy atom. The molecular weight excluding hydrogens is 210 g/mol. The molecule has 0 unspecified atom stereocenters. The second kappa shape index (κ2) is 7.46. The van der Waals surface area contributed by atoms with Crippen molar-refractivity contribution in [3.8, 4) is 0 Å². The number of hydrogen-bond donors (Lipinski definition) is 1. The van der Waals surface area contributed by atoms with Gasteiger partial charge >= 0.3 is 0 Å². The first-order valence-corrected chi connectivity index (χ1v) is 6.45. The third-order valence-electron chi connectivity index (χ3n) is 2.50. The molecule has 1 aromatic rings.